The Labute approximate surface area is 90.8 Å². The van der Waals surface area contributed by atoms with Gasteiger partial charge in [0.25, 0.3) is 0 Å². The lowest BCUT2D eigenvalue weighted by Gasteiger charge is -2.15. The van der Waals surface area contributed by atoms with Gasteiger partial charge in [-0.05, 0) is 24.1 Å². The second-order valence-electron chi connectivity index (χ2n) is 4.13. The molecule has 2 rings (SSSR count). The molecular weight excluding hydrogens is 188 g/mol. The Morgan fingerprint density at radius 1 is 1.40 bits per heavy atom. The second-order valence-corrected chi connectivity index (χ2v) is 4.13. The summed E-state index contributed by atoms with van der Waals surface area (Å²) in [6.45, 7) is 3.14. The van der Waals surface area contributed by atoms with Crippen LogP contribution in [-0.4, -0.2) is 31.1 Å². The van der Waals surface area contributed by atoms with Crippen LogP contribution in [0.15, 0.2) is 24.3 Å². The predicted octanol–water partition coefficient (Wildman–Crippen LogP) is 1.23. The predicted molar refractivity (Wildman–Crippen MR) is 60.9 cm³/mol. The van der Waals surface area contributed by atoms with Gasteiger partial charge in [-0.15, -0.1) is 0 Å². The highest BCUT2D eigenvalue weighted by molar-refractivity contribution is 5.27. The first-order valence-corrected chi connectivity index (χ1v) is 5.39. The van der Waals surface area contributed by atoms with Gasteiger partial charge in [0.2, 0.25) is 0 Å². The number of rotatable bonds is 3. The molecule has 1 aromatic carbocycles. The normalized spacial score (nSPS) is 21.9. The minimum atomic E-state index is 0.364. The van der Waals surface area contributed by atoms with Crippen LogP contribution in [0, 0.1) is 0 Å². The molecule has 0 radical (unpaired) electrons. The number of hydrogen-bond acceptors (Lipinski definition) is 3. The first-order valence-electron chi connectivity index (χ1n) is 5.39. The molecule has 1 heterocycles. The maximum atomic E-state index is 5.86. The Kier molecular flexibility index (Phi) is 3.23. The smallest absolute Gasteiger partial charge is 0.118 e. The molecule has 0 aliphatic carbocycles. The van der Waals surface area contributed by atoms with Gasteiger partial charge >= 0.3 is 0 Å². The summed E-state index contributed by atoms with van der Waals surface area (Å²) in [5.41, 5.74) is 7.19. The molecule has 1 saturated heterocycles. The number of nitrogens with zero attached hydrogens (tertiary/aromatic N) is 1. The van der Waals surface area contributed by atoms with Crippen LogP contribution >= 0.6 is 0 Å². The van der Waals surface area contributed by atoms with Crippen molar-refractivity contribution < 1.29 is 4.74 Å². The average molecular weight is 206 g/mol. The third kappa shape index (κ3) is 2.70. The van der Waals surface area contributed by atoms with Gasteiger partial charge in [0.05, 0.1) is 7.11 Å². The van der Waals surface area contributed by atoms with Gasteiger partial charge in [0, 0.05) is 25.7 Å². The van der Waals surface area contributed by atoms with Crippen LogP contribution in [0.1, 0.15) is 12.0 Å². The van der Waals surface area contributed by atoms with Gasteiger partial charge in [-0.1, -0.05) is 12.1 Å². The average Bonchev–Trinajstić information content (AvgIpc) is 2.65. The number of hydrogen-bond donors (Lipinski definition) is 1. The third-order valence-electron chi connectivity index (χ3n) is 2.87. The summed E-state index contributed by atoms with van der Waals surface area (Å²) in [5, 5.41) is 0. The van der Waals surface area contributed by atoms with Crippen molar-refractivity contribution in [1.29, 1.82) is 0 Å². The van der Waals surface area contributed by atoms with E-state index in [0.29, 0.717) is 6.04 Å². The molecule has 0 aromatic heterocycles. The van der Waals surface area contributed by atoms with Crippen molar-refractivity contribution in [3.8, 4) is 5.75 Å². The van der Waals surface area contributed by atoms with E-state index in [0.717, 1.165) is 31.8 Å². The Morgan fingerprint density at radius 2 is 2.13 bits per heavy atom. The van der Waals surface area contributed by atoms with Gasteiger partial charge in [-0.3, -0.25) is 4.90 Å². The molecule has 1 aliphatic rings. The molecule has 0 spiro atoms. The Bertz CT molecular complexity index is 310. The zero-order valence-corrected chi connectivity index (χ0v) is 9.15. The molecule has 1 unspecified atom stereocenters. The van der Waals surface area contributed by atoms with E-state index in [2.05, 4.69) is 17.0 Å². The van der Waals surface area contributed by atoms with E-state index in [9.17, 15) is 0 Å². The highest BCUT2D eigenvalue weighted by Gasteiger charge is 2.18. The van der Waals surface area contributed by atoms with Crippen molar-refractivity contribution >= 4 is 0 Å². The number of benzene rings is 1. The maximum Gasteiger partial charge on any atom is 0.118 e. The highest BCUT2D eigenvalue weighted by atomic mass is 16.5. The topological polar surface area (TPSA) is 38.5 Å². The van der Waals surface area contributed by atoms with Crippen LogP contribution in [-0.2, 0) is 6.54 Å². The molecule has 15 heavy (non-hydrogen) atoms. The highest BCUT2D eigenvalue weighted by Crippen LogP contribution is 2.15. The quantitative estimate of drug-likeness (QED) is 0.808. The van der Waals surface area contributed by atoms with E-state index in [4.69, 9.17) is 10.5 Å². The summed E-state index contributed by atoms with van der Waals surface area (Å²) in [7, 11) is 1.69. The molecule has 1 atom stereocenters. The van der Waals surface area contributed by atoms with Crippen molar-refractivity contribution in [2.45, 2.75) is 19.0 Å². The molecule has 1 aliphatic heterocycles. The largest absolute Gasteiger partial charge is 0.497 e. The summed E-state index contributed by atoms with van der Waals surface area (Å²) < 4.78 is 5.12. The number of ether oxygens (including phenoxy) is 1. The van der Waals surface area contributed by atoms with E-state index in [1.54, 1.807) is 7.11 Å². The Hall–Kier alpha value is -1.06. The van der Waals surface area contributed by atoms with E-state index >= 15 is 0 Å². The minimum absolute atomic E-state index is 0.364. The van der Waals surface area contributed by atoms with E-state index in [-0.39, 0.29) is 0 Å². The lowest BCUT2D eigenvalue weighted by molar-refractivity contribution is 0.326. The van der Waals surface area contributed by atoms with Crippen LogP contribution in [0.3, 0.4) is 0 Å². The van der Waals surface area contributed by atoms with E-state index in [1.165, 1.54) is 5.56 Å². The summed E-state index contributed by atoms with van der Waals surface area (Å²) in [5.74, 6) is 0.914. The van der Waals surface area contributed by atoms with E-state index in [1.807, 2.05) is 12.1 Å². The van der Waals surface area contributed by atoms with Crippen LogP contribution in [0.25, 0.3) is 0 Å². The lowest BCUT2D eigenvalue weighted by atomic mass is 10.2. The minimum Gasteiger partial charge on any atom is -0.497 e. The number of methoxy groups -OCH3 is 1. The maximum absolute atomic E-state index is 5.86. The van der Waals surface area contributed by atoms with Gasteiger partial charge in [-0.25, -0.2) is 0 Å². The molecular formula is C12H18N2O. The summed E-state index contributed by atoms with van der Waals surface area (Å²) in [4.78, 5) is 2.40. The fourth-order valence-corrected chi connectivity index (χ4v) is 2.00. The zero-order chi connectivity index (χ0) is 10.7. The third-order valence-corrected chi connectivity index (χ3v) is 2.87. The number of likely N-dealkylation sites (tertiary alicyclic amines) is 1. The Morgan fingerprint density at radius 3 is 2.67 bits per heavy atom. The van der Waals surface area contributed by atoms with Crippen molar-refractivity contribution in [1.82, 2.24) is 4.90 Å². The molecule has 3 nitrogen and oxygen atoms in total. The van der Waals surface area contributed by atoms with E-state index < -0.39 is 0 Å². The first-order chi connectivity index (χ1) is 7.28. The van der Waals surface area contributed by atoms with Crippen molar-refractivity contribution in [3.63, 3.8) is 0 Å². The van der Waals surface area contributed by atoms with Crippen molar-refractivity contribution in [3.05, 3.63) is 29.8 Å². The fourth-order valence-electron chi connectivity index (χ4n) is 2.00. The van der Waals surface area contributed by atoms with Crippen LogP contribution in [0.5, 0.6) is 5.75 Å². The molecule has 0 amide bonds. The molecule has 1 fully saturated rings. The van der Waals surface area contributed by atoms with Crippen LogP contribution < -0.4 is 10.5 Å². The van der Waals surface area contributed by atoms with Gasteiger partial charge in [0.15, 0.2) is 0 Å². The SMILES string of the molecule is COc1ccc(CN2CCC(N)C2)cc1. The fraction of sp³-hybridized carbons (Fsp3) is 0.500. The van der Waals surface area contributed by atoms with Crippen LogP contribution in [0.2, 0.25) is 0 Å². The zero-order valence-electron chi connectivity index (χ0n) is 9.15. The van der Waals surface area contributed by atoms with Crippen molar-refractivity contribution in [2.75, 3.05) is 20.2 Å². The summed E-state index contributed by atoms with van der Waals surface area (Å²) >= 11 is 0. The van der Waals surface area contributed by atoms with Crippen LogP contribution in [0.4, 0.5) is 0 Å². The summed E-state index contributed by atoms with van der Waals surface area (Å²) in [6.07, 6.45) is 1.12. The Balaban J connectivity index is 1.93. The molecule has 1 aromatic rings. The molecule has 3 heteroatoms. The van der Waals surface area contributed by atoms with Gasteiger partial charge in [0.1, 0.15) is 5.75 Å². The van der Waals surface area contributed by atoms with Crippen molar-refractivity contribution in [2.24, 2.45) is 5.73 Å². The summed E-state index contributed by atoms with van der Waals surface area (Å²) in [6, 6.07) is 8.60. The standard InChI is InChI=1S/C12H18N2O/c1-15-12-4-2-10(3-5-12)8-14-7-6-11(13)9-14/h2-5,11H,6-9,13H2,1H3. The molecule has 0 saturated carbocycles. The van der Waals surface area contributed by atoms with Gasteiger partial charge < -0.3 is 10.5 Å². The first kappa shape index (κ1) is 10.5. The lowest BCUT2D eigenvalue weighted by Crippen LogP contribution is -2.26. The second kappa shape index (κ2) is 4.64. The molecule has 82 valence electrons. The molecule has 0 bridgehead atoms. The monoisotopic (exact) mass is 206 g/mol. The number of nitrogens with two attached hydrogens (primary N) is 1. The molecule has 2 N–H and O–H groups in total. The van der Waals surface area contributed by atoms with Gasteiger partial charge in [-0.2, -0.15) is 0 Å².